The number of carboxylic acid groups (broad SMARTS) is 1. The van der Waals surface area contributed by atoms with Gasteiger partial charge in [-0.05, 0) is 36.3 Å². The summed E-state index contributed by atoms with van der Waals surface area (Å²) in [5.41, 5.74) is 1.05. The number of aryl methyl sites for hydroxylation is 1. The Morgan fingerprint density at radius 1 is 1.56 bits per heavy atom. The number of carboxylic acids is 1. The molecule has 18 heavy (non-hydrogen) atoms. The van der Waals surface area contributed by atoms with Crippen LogP contribution in [0, 0.1) is 0 Å². The van der Waals surface area contributed by atoms with Crippen molar-refractivity contribution in [3.63, 3.8) is 0 Å². The summed E-state index contributed by atoms with van der Waals surface area (Å²) < 4.78 is 26.1. The van der Waals surface area contributed by atoms with Gasteiger partial charge < -0.3 is 5.11 Å². The van der Waals surface area contributed by atoms with Crippen LogP contribution in [-0.4, -0.2) is 25.2 Å². The lowest BCUT2D eigenvalue weighted by Crippen LogP contribution is -2.32. The second-order valence-electron chi connectivity index (χ2n) is 4.32. The van der Waals surface area contributed by atoms with Gasteiger partial charge >= 0.3 is 5.97 Å². The van der Waals surface area contributed by atoms with Crippen molar-refractivity contribution in [3.8, 4) is 0 Å². The highest BCUT2D eigenvalue weighted by Gasteiger charge is 2.25. The Morgan fingerprint density at radius 3 is 3.06 bits per heavy atom. The molecule has 1 aromatic heterocycles. The van der Waals surface area contributed by atoms with E-state index in [1.165, 1.54) is 4.88 Å². The molecule has 1 atom stereocenters. The minimum absolute atomic E-state index is 0.196. The first kappa shape index (κ1) is 13.5. The van der Waals surface area contributed by atoms with E-state index in [1.54, 1.807) is 11.3 Å². The van der Waals surface area contributed by atoms with Gasteiger partial charge in [-0.1, -0.05) is 0 Å². The number of hydrogen-bond donors (Lipinski definition) is 2. The summed E-state index contributed by atoms with van der Waals surface area (Å²) >= 11 is 1.64. The van der Waals surface area contributed by atoms with Crippen LogP contribution in [0.25, 0.3) is 0 Å². The molecule has 0 amide bonds. The molecular formula is C11H15NO4S2. The summed E-state index contributed by atoms with van der Waals surface area (Å²) in [6, 6.07) is 1.75. The van der Waals surface area contributed by atoms with Gasteiger partial charge in [0.1, 0.15) is 0 Å². The van der Waals surface area contributed by atoms with Gasteiger partial charge in [-0.15, -0.1) is 11.3 Å². The number of thiophene rings is 1. The summed E-state index contributed by atoms with van der Waals surface area (Å²) in [4.78, 5) is 11.6. The molecule has 0 radical (unpaired) electrons. The van der Waals surface area contributed by atoms with E-state index in [9.17, 15) is 13.2 Å². The first-order valence-electron chi connectivity index (χ1n) is 5.76. The van der Waals surface area contributed by atoms with E-state index in [2.05, 4.69) is 4.72 Å². The summed E-state index contributed by atoms with van der Waals surface area (Å²) in [6.45, 7) is 0. The van der Waals surface area contributed by atoms with E-state index in [1.807, 2.05) is 11.4 Å². The maximum Gasteiger partial charge on any atom is 0.304 e. The van der Waals surface area contributed by atoms with E-state index in [0.717, 1.165) is 24.8 Å². The third kappa shape index (κ3) is 3.30. The van der Waals surface area contributed by atoms with Crippen LogP contribution in [0.3, 0.4) is 0 Å². The molecule has 0 saturated heterocycles. The molecule has 0 saturated carbocycles. The van der Waals surface area contributed by atoms with Gasteiger partial charge in [0.15, 0.2) is 0 Å². The molecular weight excluding hydrogens is 274 g/mol. The molecule has 0 fully saturated rings. The maximum atomic E-state index is 11.8. The summed E-state index contributed by atoms with van der Waals surface area (Å²) in [5.74, 6) is -1.46. The van der Waals surface area contributed by atoms with Crippen molar-refractivity contribution < 1.29 is 18.3 Å². The number of nitrogens with one attached hydrogen (secondary N) is 1. The molecule has 2 rings (SSSR count). The van der Waals surface area contributed by atoms with Crippen LogP contribution in [0.2, 0.25) is 0 Å². The van der Waals surface area contributed by atoms with Gasteiger partial charge in [-0.2, -0.15) is 0 Å². The molecule has 0 aliphatic heterocycles. The second-order valence-corrected chi connectivity index (χ2v) is 7.20. The van der Waals surface area contributed by atoms with Crippen LogP contribution in [0.15, 0.2) is 11.4 Å². The zero-order valence-corrected chi connectivity index (χ0v) is 11.4. The summed E-state index contributed by atoms with van der Waals surface area (Å²) in [7, 11) is -3.52. The monoisotopic (exact) mass is 289 g/mol. The number of aliphatic carboxylic acids is 1. The van der Waals surface area contributed by atoms with Gasteiger partial charge in [0.05, 0.1) is 12.2 Å². The molecule has 0 spiro atoms. The minimum atomic E-state index is -3.52. The lowest BCUT2D eigenvalue weighted by molar-refractivity contribution is -0.136. The minimum Gasteiger partial charge on any atom is -0.481 e. The highest BCUT2D eigenvalue weighted by Crippen LogP contribution is 2.33. The fraction of sp³-hybridized carbons (Fsp3) is 0.545. The Hall–Kier alpha value is -0.920. The average Bonchev–Trinajstić information content (AvgIpc) is 2.75. The number of fused-ring (bicyclic) bond motifs is 1. The molecule has 0 bridgehead atoms. The average molecular weight is 289 g/mol. The van der Waals surface area contributed by atoms with Crippen molar-refractivity contribution in [3.05, 3.63) is 21.9 Å². The number of sulfonamides is 1. The Bertz CT molecular complexity index is 535. The second kappa shape index (κ2) is 5.38. The quantitative estimate of drug-likeness (QED) is 0.861. The predicted molar refractivity (Wildman–Crippen MR) is 69.2 cm³/mol. The lowest BCUT2D eigenvalue weighted by atomic mass is 9.95. The largest absolute Gasteiger partial charge is 0.481 e. The molecule has 0 aromatic carbocycles. The molecule has 2 N–H and O–H groups in total. The van der Waals surface area contributed by atoms with E-state index >= 15 is 0 Å². The molecule has 1 aromatic rings. The molecule has 1 heterocycles. The molecule has 100 valence electrons. The van der Waals surface area contributed by atoms with Gasteiger partial charge in [-0.25, -0.2) is 13.1 Å². The standard InChI is InChI=1S/C11H15NO4S2/c13-11(14)5-7-18(15,16)12-9-2-1-3-10-8(9)4-6-17-10/h4,6,9,12H,1-3,5,7H2,(H,13,14). The molecule has 1 unspecified atom stereocenters. The fourth-order valence-electron chi connectivity index (χ4n) is 2.11. The molecule has 1 aliphatic rings. The van der Waals surface area contributed by atoms with Gasteiger partial charge in [0, 0.05) is 10.9 Å². The van der Waals surface area contributed by atoms with E-state index in [-0.39, 0.29) is 18.2 Å². The van der Waals surface area contributed by atoms with Crippen LogP contribution >= 0.6 is 11.3 Å². The summed E-state index contributed by atoms with van der Waals surface area (Å²) in [5, 5.41) is 10.5. The van der Waals surface area contributed by atoms with Crippen molar-refractivity contribution in [2.45, 2.75) is 31.7 Å². The van der Waals surface area contributed by atoms with Crippen LogP contribution in [0.1, 0.15) is 35.7 Å². The fourth-order valence-corrected chi connectivity index (χ4v) is 4.33. The number of carbonyl (C=O) groups is 1. The maximum absolute atomic E-state index is 11.8. The van der Waals surface area contributed by atoms with Crippen LogP contribution in [0.5, 0.6) is 0 Å². The summed E-state index contributed by atoms with van der Waals surface area (Å²) in [6.07, 6.45) is 2.37. The van der Waals surface area contributed by atoms with Gasteiger partial charge in [0.2, 0.25) is 10.0 Å². The number of rotatable bonds is 5. The van der Waals surface area contributed by atoms with Crippen molar-refractivity contribution in [1.82, 2.24) is 4.72 Å². The third-order valence-corrected chi connectivity index (χ3v) is 5.34. The van der Waals surface area contributed by atoms with Gasteiger partial charge in [-0.3, -0.25) is 4.79 Å². The topological polar surface area (TPSA) is 83.5 Å². The normalized spacial score (nSPS) is 19.4. The van der Waals surface area contributed by atoms with E-state index in [0.29, 0.717) is 0 Å². The first-order chi connectivity index (χ1) is 8.48. The van der Waals surface area contributed by atoms with Crippen molar-refractivity contribution in [1.29, 1.82) is 0 Å². The third-order valence-electron chi connectivity index (χ3n) is 2.96. The Balaban J connectivity index is 2.05. The number of hydrogen-bond acceptors (Lipinski definition) is 4. The highest BCUT2D eigenvalue weighted by atomic mass is 32.2. The highest BCUT2D eigenvalue weighted by molar-refractivity contribution is 7.89. The zero-order chi connectivity index (χ0) is 13.2. The van der Waals surface area contributed by atoms with E-state index < -0.39 is 16.0 Å². The zero-order valence-electron chi connectivity index (χ0n) is 9.76. The molecule has 7 heteroatoms. The predicted octanol–water partition coefficient (Wildman–Crippen LogP) is 1.52. The smallest absolute Gasteiger partial charge is 0.304 e. The van der Waals surface area contributed by atoms with Crippen LogP contribution < -0.4 is 4.72 Å². The van der Waals surface area contributed by atoms with Crippen LogP contribution in [0.4, 0.5) is 0 Å². The Morgan fingerprint density at radius 2 is 2.33 bits per heavy atom. The molecule has 5 nitrogen and oxygen atoms in total. The SMILES string of the molecule is O=C(O)CCS(=O)(=O)NC1CCCc2sccc21. The van der Waals surface area contributed by atoms with E-state index in [4.69, 9.17) is 5.11 Å². The van der Waals surface area contributed by atoms with Crippen molar-refractivity contribution in [2.24, 2.45) is 0 Å². The van der Waals surface area contributed by atoms with Gasteiger partial charge in [0.25, 0.3) is 0 Å². The van der Waals surface area contributed by atoms with Crippen molar-refractivity contribution >= 4 is 27.3 Å². The molecule has 1 aliphatic carbocycles. The lowest BCUT2D eigenvalue weighted by Gasteiger charge is -2.23. The first-order valence-corrected chi connectivity index (χ1v) is 8.29. The van der Waals surface area contributed by atoms with Crippen molar-refractivity contribution in [2.75, 3.05) is 5.75 Å². The Labute approximate surface area is 110 Å². The Kier molecular flexibility index (Phi) is 4.04. The van der Waals surface area contributed by atoms with Crippen LogP contribution in [-0.2, 0) is 21.2 Å².